The third kappa shape index (κ3) is 5.64. The van der Waals surface area contributed by atoms with E-state index in [4.69, 9.17) is 4.74 Å². The zero-order valence-corrected chi connectivity index (χ0v) is 13.2. The predicted octanol–water partition coefficient (Wildman–Crippen LogP) is 3.33. The number of benzene rings is 2. The molecule has 5 heteroatoms. The number of hydrogen-bond acceptors (Lipinski definition) is 3. The normalized spacial score (nSPS) is 11.6. The van der Waals surface area contributed by atoms with E-state index in [0.717, 1.165) is 11.3 Å². The summed E-state index contributed by atoms with van der Waals surface area (Å²) < 4.78 is 5.34. The highest BCUT2D eigenvalue weighted by atomic mass is 16.5. The first-order valence-corrected chi connectivity index (χ1v) is 7.69. The lowest BCUT2D eigenvalue weighted by atomic mass is 10.1. The van der Waals surface area contributed by atoms with Gasteiger partial charge in [0, 0.05) is 12.2 Å². The van der Waals surface area contributed by atoms with Crippen LogP contribution in [0.5, 0.6) is 5.75 Å². The number of ether oxygens (including phenoxy) is 1. The Labute approximate surface area is 136 Å². The molecule has 0 bridgehead atoms. The molecule has 2 aromatic carbocycles. The summed E-state index contributed by atoms with van der Waals surface area (Å²) in [5.41, 5.74) is 1.54. The van der Waals surface area contributed by atoms with Crippen LogP contribution in [0.3, 0.4) is 0 Å². The maximum atomic E-state index is 11.8. The second-order valence-corrected chi connectivity index (χ2v) is 5.05. The highest BCUT2D eigenvalue weighted by Gasteiger charge is 2.07. The van der Waals surface area contributed by atoms with E-state index >= 15 is 0 Å². The molecule has 0 aliphatic rings. The summed E-state index contributed by atoms with van der Waals surface area (Å²) >= 11 is 0. The maximum absolute atomic E-state index is 11.8. The number of hydrogen-bond donors (Lipinski definition) is 3. The summed E-state index contributed by atoms with van der Waals surface area (Å²) in [7, 11) is 0. The Balaban J connectivity index is 1.72. The van der Waals surface area contributed by atoms with E-state index in [1.165, 1.54) is 0 Å². The van der Waals surface area contributed by atoms with Crippen molar-refractivity contribution >= 4 is 11.7 Å². The molecule has 0 radical (unpaired) electrons. The summed E-state index contributed by atoms with van der Waals surface area (Å²) in [5.74, 6) is 0.768. The molecule has 2 amide bonds. The first-order chi connectivity index (χ1) is 11.2. The standard InChI is InChI=1S/C18H22N2O3/c1-2-23-16-10-8-15(9-11-16)20-18(22)19-13-12-17(21)14-6-4-3-5-7-14/h3-11,17,21H,2,12-13H2,1H3,(H2,19,20,22)/t17-/m1/s1. The van der Waals surface area contributed by atoms with Gasteiger partial charge in [-0.3, -0.25) is 0 Å². The number of rotatable bonds is 7. The molecule has 0 saturated carbocycles. The quantitative estimate of drug-likeness (QED) is 0.734. The van der Waals surface area contributed by atoms with Crippen LogP contribution < -0.4 is 15.4 Å². The van der Waals surface area contributed by atoms with Crippen molar-refractivity contribution in [1.29, 1.82) is 0 Å². The molecule has 3 N–H and O–H groups in total. The van der Waals surface area contributed by atoms with E-state index in [9.17, 15) is 9.90 Å². The molecule has 122 valence electrons. The smallest absolute Gasteiger partial charge is 0.319 e. The van der Waals surface area contributed by atoms with Gasteiger partial charge in [-0.2, -0.15) is 0 Å². The Morgan fingerprint density at radius 3 is 2.48 bits per heavy atom. The van der Waals surface area contributed by atoms with Crippen LogP contribution in [0.2, 0.25) is 0 Å². The Hall–Kier alpha value is -2.53. The Kier molecular flexibility index (Phi) is 6.44. The highest BCUT2D eigenvalue weighted by Crippen LogP contribution is 2.16. The number of urea groups is 1. The van der Waals surface area contributed by atoms with Crippen molar-refractivity contribution in [3.05, 3.63) is 60.2 Å². The molecule has 0 saturated heterocycles. The van der Waals surface area contributed by atoms with Gasteiger partial charge in [0.05, 0.1) is 12.7 Å². The largest absolute Gasteiger partial charge is 0.494 e. The zero-order valence-electron chi connectivity index (χ0n) is 13.2. The van der Waals surface area contributed by atoms with Gasteiger partial charge in [-0.25, -0.2) is 4.79 Å². The molecule has 5 nitrogen and oxygen atoms in total. The van der Waals surface area contributed by atoms with Gasteiger partial charge in [0.25, 0.3) is 0 Å². The number of aliphatic hydroxyl groups excluding tert-OH is 1. The van der Waals surface area contributed by atoms with Crippen molar-refractivity contribution in [2.24, 2.45) is 0 Å². The van der Waals surface area contributed by atoms with Crippen LogP contribution in [0.25, 0.3) is 0 Å². The van der Waals surface area contributed by atoms with Gasteiger partial charge >= 0.3 is 6.03 Å². The van der Waals surface area contributed by atoms with Crippen molar-refractivity contribution in [1.82, 2.24) is 5.32 Å². The number of carbonyl (C=O) groups is 1. The summed E-state index contributed by atoms with van der Waals surface area (Å²) in [5, 5.41) is 15.5. The lowest BCUT2D eigenvalue weighted by molar-refractivity contribution is 0.167. The Morgan fingerprint density at radius 2 is 1.83 bits per heavy atom. The van der Waals surface area contributed by atoms with Gasteiger partial charge in [0.2, 0.25) is 0 Å². The fraction of sp³-hybridized carbons (Fsp3) is 0.278. The van der Waals surface area contributed by atoms with Crippen molar-refractivity contribution in [2.75, 3.05) is 18.5 Å². The number of aliphatic hydroxyl groups is 1. The third-order valence-electron chi connectivity index (χ3n) is 3.31. The van der Waals surface area contributed by atoms with E-state index in [0.29, 0.717) is 25.3 Å². The molecule has 1 atom stereocenters. The molecule has 0 fully saturated rings. The number of anilines is 1. The molecule has 0 spiro atoms. The van der Waals surface area contributed by atoms with Crippen LogP contribution >= 0.6 is 0 Å². The summed E-state index contributed by atoms with van der Waals surface area (Å²) in [6.45, 7) is 2.92. The molecule has 23 heavy (non-hydrogen) atoms. The molecule has 0 aliphatic heterocycles. The minimum Gasteiger partial charge on any atom is -0.494 e. The summed E-state index contributed by atoms with van der Waals surface area (Å²) in [4.78, 5) is 11.8. The van der Waals surface area contributed by atoms with Crippen LogP contribution in [0.1, 0.15) is 25.0 Å². The highest BCUT2D eigenvalue weighted by molar-refractivity contribution is 5.89. The lowest BCUT2D eigenvalue weighted by Gasteiger charge is -2.12. The molecule has 0 aliphatic carbocycles. The molecule has 0 aromatic heterocycles. The molecular formula is C18H22N2O3. The van der Waals surface area contributed by atoms with Crippen molar-refractivity contribution in [2.45, 2.75) is 19.4 Å². The summed E-state index contributed by atoms with van der Waals surface area (Å²) in [6.07, 6.45) is -0.122. The molecular weight excluding hydrogens is 292 g/mol. The van der Waals surface area contributed by atoms with Crippen molar-refractivity contribution in [3.63, 3.8) is 0 Å². The van der Waals surface area contributed by atoms with Crippen LogP contribution in [0.4, 0.5) is 10.5 Å². The van der Waals surface area contributed by atoms with Gasteiger partial charge in [-0.15, -0.1) is 0 Å². The lowest BCUT2D eigenvalue weighted by Crippen LogP contribution is -2.30. The fourth-order valence-corrected chi connectivity index (χ4v) is 2.14. The molecule has 2 aromatic rings. The molecule has 0 unspecified atom stereocenters. The monoisotopic (exact) mass is 314 g/mol. The van der Waals surface area contributed by atoms with Crippen LogP contribution in [-0.2, 0) is 0 Å². The minimum atomic E-state index is -0.582. The average molecular weight is 314 g/mol. The SMILES string of the molecule is CCOc1ccc(NC(=O)NCC[C@@H](O)c2ccccc2)cc1. The van der Waals surface area contributed by atoms with Gasteiger partial charge in [-0.1, -0.05) is 30.3 Å². The fourth-order valence-electron chi connectivity index (χ4n) is 2.14. The first-order valence-electron chi connectivity index (χ1n) is 7.69. The maximum Gasteiger partial charge on any atom is 0.319 e. The number of carbonyl (C=O) groups excluding carboxylic acids is 1. The third-order valence-corrected chi connectivity index (χ3v) is 3.31. The molecule has 0 heterocycles. The van der Waals surface area contributed by atoms with E-state index in [-0.39, 0.29) is 6.03 Å². The van der Waals surface area contributed by atoms with Gasteiger partial charge in [-0.05, 0) is 43.2 Å². The van der Waals surface area contributed by atoms with Crippen LogP contribution in [0, 0.1) is 0 Å². The van der Waals surface area contributed by atoms with E-state index in [1.54, 1.807) is 24.3 Å². The zero-order chi connectivity index (χ0) is 16.5. The molecule has 2 rings (SSSR count). The predicted molar refractivity (Wildman–Crippen MR) is 90.7 cm³/mol. The number of amides is 2. The topological polar surface area (TPSA) is 70.6 Å². The summed E-state index contributed by atoms with van der Waals surface area (Å²) in [6, 6.07) is 16.3. The Morgan fingerprint density at radius 1 is 1.13 bits per heavy atom. The van der Waals surface area contributed by atoms with Gasteiger partial charge in [0.15, 0.2) is 0 Å². The number of nitrogens with one attached hydrogen (secondary N) is 2. The second kappa shape index (κ2) is 8.80. The van der Waals surface area contributed by atoms with Crippen molar-refractivity contribution in [3.8, 4) is 5.75 Å². The van der Waals surface area contributed by atoms with Crippen molar-refractivity contribution < 1.29 is 14.6 Å². The van der Waals surface area contributed by atoms with E-state index in [1.807, 2.05) is 37.3 Å². The van der Waals surface area contributed by atoms with E-state index in [2.05, 4.69) is 10.6 Å². The Bertz CT molecular complexity index is 599. The van der Waals surface area contributed by atoms with Crippen LogP contribution in [-0.4, -0.2) is 24.3 Å². The average Bonchev–Trinajstić information content (AvgIpc) is 2.57. The van der Waals surface area contributed by atoms with Crippen LogP contribution in [0.15, 0.2) is 54.6 Å². The van der Waals surface area contributed by atoms with Gasteiger partial charge < -0.3 is 20.5 Å². The van der Waals surface area contributed by atoms with Gasteiger partial charge in [0.1, 0.15) is 5.75 Å². The van der Waals surface area contributed by atoms with E-state index < -0.39 is 6.10 Å². The first kappa shape index (κ1) is 16.8. The second-order valence-electron chi connectivity index (χ2n) is 5.05. The minimum absolute atomic E-state index is 0.297.